The lowest BCUT2D eigenvalue weighted by Gasteiger charge is -2.25. The van der Waals surface area contributed by atoms with Gasteiger partial charge < -0.3 is 15.4 Å². The van der Waals surface area contributed by atoms with E-state index in [2.05, 4.69) is 10.6 Å². The van der Waals surface area contributed by atoms with Crippen molar-refractivity contribution >= 4 is 29.2 Å². The van der Waals surface area contributed by atoms with Crippen molar-refractivity contribution < 1.29 is 9.53 Å². The van der Waals surface area contributed by atoms with E-state index >= 15 is 0 Å². The molecule has 0 aromatic heterocycles. The second-order valence-corrected chi connectivity index (χ2v) is 6.78. The predicted octanol–water partition coefficient (Wildman–Crippen LogP) is 3.06. The van der Waals surface area contributed by atoms with Crippen LogP contribution in [-0.2, 0) is 16.0 Å². The average molecular weight is 359 g/mol. The average Bonchev–Trinajstić information content (AvgIpc) is 2.51. The molecule has 128 valence electrons. The van der Waals surface area contributed by atoms with Gasteiger partial charge in [0.25, 0.3) is 0 Å². The Balaban J connectivity index is 1.99. The van der Waals surface area contributed by atoms with Crippen molar-refractivity contribution in [2.24, 2.45) is 5.92 Å². The topological polar surface area (TPSA) is 50.4 Å². The Labute approximate surface area is 147 Å². The van der Waals surface area contributed by atoms with E-state index in [-0.39, 0.29) is 12.0 Å². The molecule has 4 nitrogen and oxygen atoms in total. The van der Waals surface area contributed by atoms with E-state index in [1.165, 1.54) is 12.8 Å². The van der Waals surface area contributed by atoms with Gasteiger partial charge in [0.15, 0.2) is 0 Å². The first-order chi connectivity index (χ1) is 11.1. The van der Waals surface area contributed by atoms with Crippen molar-refractivity contribution in [3.05, 3.63) is 33.8 Å². The SMILES string of the molecule is CCOC(=O)C(Cc1cc(Cl)cc(Cl)c1)NCC1CCCNC1. The van der Waals surface area contributed by atoms with E-state index in [9.17, 15) is 4.79 Å². The van der Waals surface area contributed by atoms with Crippen molar-refractivity contribution in [2.45, 2.75) is 32.2 Å². The summed E-state index contributed by atoms with van der Waals surface area (Å²) in [6.07, 6.45) is 2.87. The number of esters is 1. The maximum atomic E-state index is 12.2. The van der Waals surface area contributed by atoms with Crippen LogP contribution in [0.3, 0.4) is 0 Å². The highest BCUT2D eigenvalue weighted by Gasteiger charge is 2.22. The highest BCUT2D eigenvalue weighted by molar-refractivity contribution is 6.34. The zero-order valence-corrected chi connectivity index (χ0v) is 14.9. The van der Waals surface area contributed by atoms with Crippen LogP contribution in [0.2, 0.25) is 10.0 Å². The second kappa shape index (κ2) is 9.48. The summed E-state index contributed by atoms with van der Waals surface area (Å²) in [4.78, 5) is 12.2. The molecule has 6 heteroatoms. The molecule has 0 spiro atoms. The molecule has 0 aliphatic carbocycles. The molecule has 1 aromatic rings. The molecule has 2 unspecified atom stereocenters. The number of rotatable bonds is 7. The molecule has 1 saturated heterocycles. The normalized spacial score (nSPS) is 19.3. The molecule has 2 N–H and O–H groups in total. The summed E-state index contributed by atoms with van der Waals surface area (Å²) < 4.78 is 5.19. The number of carbonyl (C=O) groups is 1. The van der Waals surface area contributed by atoms with Crippen LogP contribution < -0.4 is 10.6 Å². The van der Waals surface area contributed by atoms with Gasteiger partial charge in [0.2, 0.25) is 0 Å². The Kier molecular flexibility index (Phi) is 7.63. The second-order valence-electron chi connectivity index (χ2n) is 5.91. The minimum Gasteiger partial charge on any atom is -0.465 e. The Morgan fingerprint density at radius 3 is 2.74 bits per heavy atom. The van der Waals surface area contributed by atoms with Gasteiger partial charge in [0.1, 0.15) is 6.04 Å². The van der Waals surface area contributed by atoms with E-state index in [0.717, 1.165) is 25.2 Å². The summed E-state index contributed by atoms with van der Waals surface area (Å²) in [7, 11) is 0. The van der Waals surface area contributed by atoms with Gasteiger partial charge in [-0.15, -0.1) is 0 Å². The van der Waals surface area contributed by atoms with Crippen LogP contribution in [0.4, 0.5) is 0 Å². The van der Waals surface area contributed by atoms with Crippen LogP contribution >= 0.6 is 23.2 Å². The molecule has 1 heterocycles. The lowest BCUT2D eigenvalue weighted by atomic mass is 9.98. The van der Waals surface area contributed by atoms with Crippen LogP contribution in [0.5, 0.6) is 0 Å². The summed E-state index contributed by atoms with van der Waals surface area (Å²) in [5.74, 6) is 0.316. The Bertz CT molecular complexity index is 499. The molecule has 23 heavy (non-hydrogen) atoms. The number of benzene rings is 1. The van der Waals surface area contributed by atoms with Gasteiger partial charge in [0.05, 0.1) is 6.61 Å². The fraction of sp³-hybridized carbons (Fsp3) is 0.588. The molecule has 1 aliphatic heterocycles. The number of ether oxygens (including phenoxy) is 1. The molecule has 2 atom stereocenters. The first kappa shape index (κ1) is 18.5. The fourth-order valence-corrected chi connectivity index (χ4v) is 3.42. The van der Waals surface area contributed by atoms with Crippen LogP contribution in [0.15, 0.2) is 18.2 Å². The largest absolute Gasteiger partial charge is 0.465 e. The summed E-state index contributed by atoms with van der Waals surface area (Å²) in [5.41, 5.74) is 0.926. The highest BCUT2D eigenvalue weighted by Crippen LogP contribution is 2.20. The van der Waals surface area contributed by atoms with Gasteiger partial charge in [-0.2, -0.15) is 0 Å². The van der Waals surface area contributed by atoms with Gasteiger partial charge in [-0.25, -0.2) is 0 Å². The lowest BCUT2D eigenvalue weighted by Crippen LogP contribution is -2.45. The maximum absolute atomic E-state index is 12.2. The molecule has 0 amide bonds. The highest BCUT2D eigenvalue weighted by atomic mass is 35.5. The third kappa shape index (κ3) is 6.30. The Hall–Kier alpha value is -0.810. The van der Waals surface area contributed by atoms with Crippen LogP contribution in [0, 0.1) is 5.92 Å². The van der Waals surface area contributed by atoms with Crippen molar-refractivity contribution in [1.82, 2.24) is 10.6 Å². The number of hydrogen-bond acceptors (Lipinski definition) is 4. The molecule has 0 bridgehead atoms. The summed E-state index contributed by atoms with van der Waals surface area (Å²) >= 11 is 12.1. The molecule has 1 aromatic carbocycles. The van der Waals surface area contributed by atoms with Crippen molar-refractivity contribution in [3.8, 4) is 0 Å². The lowest BCUT2D eigenvalue weighted by molar-refractivity contribution is -0.145. The third-order valence-electron chi connectivity index (χ3n) is 3.99. The molecule has 0 radical (unpaired) electrons. The Morgan fingerprint density at radius 1 is 1.39 bits per heavy atom. The smallest absolute Gasteiger partial charge is 0.323 e. The minimum atomic E-state index is -0.383. The van der Waals surface area contributed by atoms with E-state index in [4.69, 9.17) is 27.9 Å². The number of halogens is 2. The van der Waals surface area contributed by atoms with Gasteiger partial charge in [-0.3, -0.25) is 4.79 Å². The van der Waals surface area contributed by atoms with Gasteiger partial charge in [0, 0.05) is 10.0 Å². The zero-order chi connectivity index (χ0) is 16.7. The van der Waals surface area contributed by atoms with E-state index in [1.54, 1.807) is 6.07 Å². The quantitative estimate of drug-likeness (QED) is 0.735. The van der Waals surface area contributed by atoms with Gasteiger partial charge in [-0.05, 0) is 75.5 Å². The van der Waals surface area contributed by atoms with Crippen LogP contribution in [-0.4, -0.2) is 38.3 Å². The van der Waals surface area contributed by atoms with Crippen molar-refractivity contribution in [1.29, 1.82) is 0 Å². The number of piperidine rings is 1. The van der Waals surface area contributed by atoms with Gasteiger partial charge in [-0.1, -0.05) is 23.2 Å². The first-order valence-corrected chi connectivity index (χ1v) is 8.89. The summed E-state index contributed by atoms with van der Waals surface area (Å²) in [5, 5.41) is 7.90. The molecule has 0 saturated carbocycles. The molecule has 1 fully saturated rings. The van der Waals surface area contributed by atoms with E-state index < -0.39 is 0 Å². The number of nitrogens with one attached hydrogen (secondary N) is 2. The Morgan fingerprint density at radius 2 is 2.13 bits per heavy atom. The fourth-order valence-electron chi connectivity index (χ4n) is 2.85. The van der Waals surface area contributed by atoms with Crippen LogP contribution in [0.1, 0.15) is 25.3 Å². The molecular weight excluding hydrogens is 335 g/mol. The molecule has 1 aliphatic rings. The maximum Gasteiger partial charge on any atom is 0.323 e. The molecular formula is C17H24Cl2N2O2. The number of carbonyl (C=O) groups excluding carboxylic acids is 1. The summed E-state index contributed by atoms with van der Waals surface area (Å²) in [6.45, 7) is 5.06. The van der Waals surface area contributed by atoms with Crippen molar-refractivity contribution in [2.75, 3.05) is 26.2 Å². The van der Waals surface area contributed by atoms with E-state index in [1.807, 2.05) is 19.1 Å². The summed E-state index contributed by atoms with van der Waals surface area (Å²) in [6, 6.07) is 4.98. The first-order valence-electron chi connectivity index (χ1n) is 8.14. The zero-order valence-electron chi connectivity index (χ0n) is 13.4. The van der Waals surface area contributed by atoms with Crippen LogP contribution in [0.25, 0.3) is 0 Å². The predicted molar refractivity (Wildman–Crippen MR) is 94.2 cm³/mol. The van der Waals surface area contributed by atoms with Gasteiger partial charge >= 0.3 is 5.97 Å². The molecule has 2 rings (SSSR count). The minimum absolute atomic E-state index is 0.229. The number of hydrogen-bond donors (Lipinski definition) is 2. The third-order valence-corrected chi connectivity index (χ3v) is 4.42. The van der Waals surface area contributed by atoms with E-state index in [0.29, 0.717) is 29.0 Å². The standard InChI is InChI=1S/C17H24Cl2N2O2/c1-2-23-17(22)16(21-11-12-4-3-5-20-10-12)8-13-6-14(18)9-15(19)7-13/h6-7,9,12,16,20-21H,2-5,8,10-11H2,1H3. The van der Waals surface area contributed by atoms with Crippen molar-refractivity contribution in [3.63, 3.8) is 0 Å². The monoisotopic (exact) mass is 358 g/mol.